The lowest BCUT2D eigenvalue weighted by Crippen LogP contribution is -2.23. The molecule has 0 aliphatic heterocycles. The molecule has 2 aromatic rings. The second-order valence-electron chi connectivity index (χ2n) is 4.61. The van der Waals surface area contributed by atoms with Gasteiger partial charge >= 0.3 is 0 Å². The van der Waals surface area contributed by atoms with Crippen molar-refractivity contribution in [3.05, 3.63) is 57.0 Å². The summed E-state index contributed by atoms with van der Waals surface area (Å²) in [5, 5.41) is 1.14. The molecule has 0 bridgehead atoms. The average molecular weight is 310 g/mol. The predicted molar refractivity (Wildman–Crippen MR) is 83.3 cm³/mol. The van der Waals surface area contributed by atoms with Gasteiger partial charge in [0.25, 0.3) is 5.56 Å². The molecule has 0 saturated heterocycles. The summed E-state index contributed by atoms with van der Waals surface area (Å²) in [7, 11) is 0. The number of rotatable bonds is 4. The lowest BCUT2D eigenvalue weighted by molar-refractivity contribution is 0.717. The third-order valence-corrected chi connectivity index (χ3v) is 4.47. The van der Waals surface area contributed by atoms with Gasteiger partial charge in [0, 0.05) is 22.8 Å². The fourth-order valence-electron chi connectivity index (χ4n) is 1.89. The number of thioether (sulfide) groups is 1. The summed E-state index contributed by atoms with van der Waals surface area (Å²) in [5.74, 6) is 0. The van der Waals surface area contributed by atoms with Gasteiger partial charge in [0.15, 0.2) is 5.16 Å². The smallest absolute Gasteiger partial charge is 0.251 e. The van der Waals surface area contributed by atoms with Gasteiger partial charge in [-0.1, -0.05) is 41.6 Å². The van der Waals surface area contributed by atoms with Crippen LogP contribution in [0.25, 0.3) is 0 Å². The summed E-state index contributed by atoms with van der Waals surface area (Å²) in [5.41, 5.74) is 7.52. The van der Waals surface area contributed by atoms with Gasteiger partial charge in [0.2, 0.25) is 0 Å². The maximum absolute atomic E-state index is 11.5. The summed E-state index contributed by atoms with van der Waals surface area (Å²) in [6, 6.07) is 8.90. The van der Waals surface area contributed by atoms with Crippen molar-refractivity contribution in [2.24, 2.45) is 5.73 Å². The first-order valence-electron chi connectivity index (χ1n) is 6.22. The molecule has 0 fully saturated rings. The van der Waals surface area contributed by atoms with Crippen LogP contribution in [-0.2, 0) is 0 Å². The van der Waals surface area contributed by atoms with Gasteiger partial charge in [-0.25, -0.2) is 4.98 Å². The van der Waals surface area contributed by atoms with Crippen LogP contribution in [-0.4, -0.2) is 16.0 Å². The van der Waals surface area contributed by atoms with Gasteiger partial charge in [-0.15, -0.1) is 0 Å². The molecule has 0 amide bonds. The molecule has 2 atom stereocenters. The summed E-state index contributed by atoms with van der Waals surface area (Å²) in [4.78, 5) is 18.5. The van der Waals surface area contributed by atoms with E-state index in [1.165, 1.54) is 17.8 Å². The number of nitrogens with one attached hydrogen (secondary N) is 1. The van der Waals surface area contributed by atoms with Crippen molar-refractivity contribution in [2.45, 2.75) is 30.3 Å². The predicted octanol–water partition coefficient (Wildman–Crippen LogP) is 2.91. The molecule has 1 aromatic carbocycles. The SMILES string of the molecule is Cc1cc(=O)[nH]c(SC(c2ccccc2Cl)C(C)N)n1. The van der Waals surface area contributed by atoms with Crippen LogP contribution in [0, 0.1) is 6.92 Å². The number of nitrogens with two attached hydrogens (primary N) is 1. The normalized spacial score (nSPS) is 14.0. The average Bonchev–Trinajstić information content (AvgIpc) is 2.35. The maximum atomic E-state index is 11.5. The Morgan fingerprint density at radius 1 is 1.40 bits per heavy atom. The highest BCUT2D eigenvalue weighted by atomic mass is 35.5. The summed E-state index contributed by atoms with van der Waals surface area (Å²) in [6.45, 7) is 3.70. The number of aromatic amines is 1. The molecular weight excluding hydrogens is 294 g/mol. The first-order chi connectivity index (χ1) is 9.47. The Morgan fingerprint density at radius 3 is 2.70 bits per heavy atom. The third-order valence-electron chi connectivity index (χ3n) is 2.78. The zero-order valence-electron chi connectivity index (χ0n) is 11.3. The molecule has 2 unspecified atom stereocenters. The first-order valence-corrected chi connectivity index (χ1v) is 7.48. The molecule has 0 spiro atoms. The molecule has 0 saturated carbocycles. The van der Waals surface area contributed by atoms with E-state index in [9.17, 15) is 4.79 Å². The van der Waals surface area contributed by atoms with Crippen molar-refractivity contribution in [2.75, 3.05) is 0 Å². The van der Waals surface area contributed by atoms with E-state index in [1.807, 2.05) is 31.2 Å². The summed E-state index contributed by atoms with van der Waals surface area (Å²) in [6.07, 6.45) is 0. The number of hydrogen-bond donors (Lipinski definition) is 2. The van der Waals surface area contributed by atoms with Crippen molar-refractivity contribution in [1.29, 1.82) is 0 Å². The Labute approximate surface area is 126 Å². The van der Waals surface area contributed by atoms with Crippen LogP contribution in [0.3, 0.4) is 0 Å². The molecule has 0 aliphatic carbocycles. The molecule has 20 heavy (non-hydrogen) atoms. The third kappa shape index (κ3) is 3.62. The van der Waals surface area contributed by atoms with Gasteiger partial charge in [-0.2, -0.15) is 0 Å². The maximum Gasteiger partial charge on any atom is 0.251 e. The van der Waals surface area contributed by atoms with Crippen LogP contribution in [0.2, 0.25) is 5.02 Å². The van der Waals surface area contributed by atoms with Gasteiger partial charge in [0.1, 0.15) is 0 Å². The molecule has 2 rings (SSSR count). The molecule has 4 nitrogen and oxygen atoms in total. The van der Waals surface area contributed by atoms with E-state index in [4.69, 9.17) is 17.3 Å². The molecule has 106 valence electrons. The number of aryl methyl sites for hydroxylation is 1. The Balaban J connectivity index is 2.35. The molecule has 1 heterocycles. The van der Waals surface area contributed by atoms with E-state index < -0.39 is 0 Å². The van der Waals surface area contributed by atoms with E-state index >= 15 is 0 Å². The van der Waals surface area contributed by atoms with Crippen molar-refractivity contribution >= 4 is 23.4 Å². The fourth-order valence-corrected chi connectivity index (χ4v) is 3.35. The molecule has 1 aromatic heterocycles. The minimum atomic E-state index is -0.164. The number of benzene rings is 1. The number of nitrogens with zero attached hydrogens (tertiary/aromatic N) is 1. The largest absolute Gasteiger partial charge is 0.327 e. The van der Waals surface area contributed by atoms with Gasteiger partial charge in [0.05, 0.1) is 5.25 Å². The number of halogens is 1. The number of hydrogen-bond acceptors (Lipinski definition) is 4. The second-order valence-corrected chi connectivity index (χ2v) is 6.15. The first kappa shape index (κ1) is 15.1. The standard InChI is InChI=1S/C14H16ClN3OS/c1-8-7-12(19)18-14(17-8)20-13(9(2)16)10-5-3-4-6-11(10)15/h3-7,9,13H,16H2,1-2H3,(H,17,18,19). The quantitative estimate of drug-likeness (QED) is 0.673. The Bertz CT molecular complexity index is 657. The van der Waals surface area contributed by atoms with Crippen LogP contribution in [0.5, 0.6) is 0 Å². The zero-order valence-corrected chi connectivity index (χ0v) is 12.8. The summed E-state index contributed by atoms with van der Waals surface area (Å²) >= 11 is 7.65. The van der Waals surface area contributed by atoms with Crippen molar-refractivity contribution in [1.82, 2.24) is 9.97 Å². The highest BCUT2D eigenvalue weighted by Gasteiger charge is 2.21. The van der Waals surface area contributed by atoms with Crippen LogP contribution in [0.4, 0.5) is 0 Å². The van der Waals surface area contributed by atoms with Gasteiger partial charge < -0.3 is 10.7 Å². The minimum Gasteiger partial charge on any atom is -0.327 e. The number of H-pyrrole nitrogens is 1. The molecular formula is C14H16ClN3OS. The van der Waals surface area contributed by atoms with Crippen LogP contribution in [0.1, 0.15) is 23.4 Å². The Kier molecular flexibility index (Phi) is 4.86. The number of aromatic nitrogens is 2. The zero-order chi connectivity index (χ0) is 14.7. The van der Waals surface area contributed by atoms with Crippen molar-refractivity contribution in [3.63, 3.8) is 0 Å². The van der Waals surface area contributed by atoms with Crippen LogP contribution >= 0.6 is 23.4 Å². The highest BCUT2D eigenvalue weighted by Crippen LogP contribution is 2.38. The minimum absolute atomic E-state index is 0.0753. The van der Waals surface area contributed by atoms with E-state index in [0.29, 0.717) is 15.9 Å². The molecule has 0 aliphatic rings. The lowest BCUT2D eigenvalue weighted by Gasteiger charge is -2.21. The summed E-state index contributed by atoms with van der Waals surface area (Å²) < 4.78 is 0. The Hall–Kier alpha value is -1.30. The molecule has 0 radical (unpaired) electrons. The fraction of sp³-hybridized carbons (Fsp3) is 0.286. The lowest BCUT2D eigenvalue weighted by atomic mass is 10.1. The Morgan fingerprint density at radius 2 is 2.10 bits per heavy atom. The van der Waals surface area contributed by atoms with Gasteiger partial charge in [-0.05, 0) is 25.5 Å². The monoisotopic (exact) mass is 309 g/mol. The van der Waals surface area contributed by atoms with Crippen molar-refractivity contribution < 1.29 is 0 Å². The van der Waals surface area contributed by atoms with Gasteiger partial charge in [-0.3, -0.25) is 4.79 Å². The highest BCUT2D eigenvalue weighted by molar-refractivity contribution is 7.99. The second kappa shape index (κ2) is 6.43. The molecule has 3 N–H and O–H groups in total. The van der Waals surface area contributed by atoms with E-state index in [2.05, 4.69) is 9.97 Å². The van der Waals surface area contributed by atoms with Crippen LogP contribution in [0.15, 0.2) is 40.3 Å². The topological polar surface area (TPSA) is 71.8 Å². The van der Waals surface area contributed by atoms with Crippen molar-refractivity contribution in [3.8, 4) is 0 Å². The van der Waals surface area contributed by atoms with Crippen LogP contribution < -0.4 is 11.3 Å². The molecule has 6 heteroatoms. The van der Waals surface area contributed by atoms with E-state index in [0.717, 1.165) is 5.56 Å². The van der Waals surface area contributed by atoms with E-state index in [1.54, 1.807) is 6.92 Å². The van der Waals surface area contributed by atoms with E-state index in [-0.39, 0.29) is 16.9 Å².